The minimum absolute atomic E-state index is 0.353. The molecule has 0 fully saturated rings. The molecule has 0 saturated heterocycles. The summed E-state index contributed by atoms with van der Waals surface area (Å²) in [4.78, 5) is 0. The molecule has 0 bridgehead atoms. The van der Waals surface area contributed by atoms with Gasteiger partial charge in [-0.25, -0.2) is 13.1 Å². The summed E-state index contributed by atoms with van der Waals surface area (Å²) in [6, 6.07) is 7.45. The smallest absolute Gasteiger partial charge is 0.209 e. The van der Waals surface area contributed by atoms with E-state index in [1.165, 1.54) is 0 Å². The third-order valence-corrected chi connectivity index (χ3v) is 4.02. The van der Waals surface area contributed by atoms with E-state index in [1.807, 2.05) is 24.3 Å². The fourth-order valence-electron chi connectivity index (χ4n) is 1.89. The number of nitrogens with one attached hydrogen (secondary N) is 2. The van der Waals surface area contributed by atoms with Gasteiger partial charge in [0.05, 0.1) is 12.4 Å². The number of rotatable bonds is 7. The number of hydrogen-bond donors (Lipinski definition) is 3. The van der Waals surface area contributed by atoms with Gasteiger partial charge < -0.3 is 10.4 Å². The van der Waals surface area contributed by atoms with Gasteiger partial charge in [0.15, 0.2) is 0 Å². The van der Waals surface area contributed by atoms with Gasteiger partial charge in [-0.1, -0.05) is 28.1 Å². The summed E-state index contributed by atoms with van der Waals surface area (Å²) in [6.07, 6.45) is 0.493. The molecule has 114 valence electrons. The van der Waals surface area contributed by atoms with E-state index in [4.69, 9.17) is 0 Å². The number of sulfonamides is 1. The number of aliphatic hydroxyl groups excluding tert-OH is 1. The quantitative estimate of drug-likeness (QED) is 0.683. The van der Waals surface area contributed by atoms with Crippen molar-refractivity contribution in [1.82, 2.24) is 10.0 Å². The van der Waals surface area contributed by atoms with Crippen LogP contribution in [0.2, 0.25) is 0 Å². The third-order valence-electron chi connectivity index (χ3n) is 2.60. The molecule has 1 rings (SSSR count). The minimum Gasteiger partial charge on any atom is -0.387 e. The van der Waals surface area contributed by atoms with Crippen LogP contribution in [0.25, 0.3) is 0 Å². The van der Waals surface area contributed by atoms with Gasteiger partial charge in [0.25, 0.3) is 0 Å². The van der Waals surface area contributed by atoms with E-state index in [2.05, 4.69) is 26.0 Å². The molecule has 0 saturated carbocycles. The first-order chi connectivity index (χ1) is 9.09. The van der Waals surface area contributed by atoms with Gasteiger partial charge in [0, 0.05) is 23.1 Å². The van der Waals surface area contributed by atoms with Crippen LogP contribution in [0.1, 0.15) is 25.5 Å². The Labute approximate surface area is 129 Å². The summed E-state index contributed by atoms with van der Waals surface area (Å²) in [5.74, 6) is 0. The predicted octanol–water partition coefficient (Wildman–Crippen LogP) is 1.40. The van der Waals surface area contributed by atoms with Crippen LogP contribution in [0.4, 0.5) is 0 Å². The van der Waals surface area contributed by atoms with Gasteiger partial charge in [0.2, 0.25) is 10.0 Å². The average Bonchev–Trinajstić information content (AvgIpc) is 2.25. The zero-order valence-corrected chi connectivity index (χ0v) is 14.3. The van der Waals surface area contributed by atoms with E-state index in [9.17, 15) is 13.5 Å². The number of hydrogen-bond acceptors (Lipinski definition) is 4. The molecule has 0 spiro atoms. The largest absolute Gasteiger partial charge is 0.387 e. The minimum atomic E-state index is -3.25. The molecule has 1 atom stereocenters. The molecule has 7 heteroatoms. The Hall–Kier alpha value is -0.470. The first-order valence-corrected chi connectivity index (χ1v) is 8.91. The molecule has 0 aliphatic heterocycles. The highest BCUT2D eigenvalue weighted by atomic mass is 79.9. The Morgan fingerprint density at radius 2 is 2.05 bits per heavy atom. The van der Waals surface area contributed by atoms with Crippen LogP contribution in [0, 0.1) is 0 Å². The predicted molar refractivity (Wildman–Crippen MR) is 84.0 cm³/mol. The Morgan fingerprint density at radius 3 is 2.60 bits per heavy atom. The molecule has 0 aliphatic carbocycles. The van der Waals surface area contributed by atoms with E-state index in [0.29, 0.717) is 13.1 Å². The molecule has 5 nitrogen and oxygen atoms in total. The second kappa shape index (κ2) is 7.00. The molecule has 3 N–H and O–H groups in total. The molecule has 0 radical (unpaired) electrons. The summed E-state index contributed by atoms with van der Waals surface area (Å²) < 4.78 is 25.9. The van der Waals surface area contributed by atoms with Gasteiger partial charge in [-0.2, -0.15) is 0 Å². The van der Waals surface area contributed by atoms with E-state index in [-0.39, 0.29) is 0 Å². The molecule has 1 aromatic rings. The average molecular weight is 365 g/mol. The second-order valence-electron chi connectivity index (χ2n) is 5.46. The lowest BCUT2D eigenvalue weighted by Gasteiger charge is -2.26. The highest BCUT2D eigenvalue weighted by molar-refractivity contribution is 9.10. The molecule has 20 heavy (non-hydrogen) atoms. The fraction of sp³-hybridized carbons (Fsp3) is 0.538. The molecule has 0 aliphatic rings. The SMILES string of the molecule is CC(C)(CNCC(O)c1cccc(Br)c1)NS(C)(=O)=O. The van der Waals surface area contributed by atoms with Gasteiger partial charge in [-0.05, 0) is 31.5 Å². The molecule has 0 aromatic heterocycles. The Morgan fingerprint density at radius 1 is 1.40 bits per heavy atom. The second-order valence-corrected chi connectivity index (χ2v) is 8.12. The zero-order chi connectivity index (χ0) is 15.4. The van der Waals surface area contributed by atoms with Crippen molar-refractivity contribution in [2.75, 3.05) is 19.3 Å². The monoisotopic (exact) mass is 364 g/mol. The maximum atomic E-state index is 11.2. The number of benzene rings is 1. The van der Waals surface area contributed by atoms with Crippen molar-refractivity contribution in [3.8, 4) is 0 Å². The molecule has 0 heterocycles. The summed E-state index contributed by atoms with van der Waals surface area (Å²) in [5, 5.41) is 13.1. The van der Waals surface area contributed by atoms with Gasteiger partial charge in [-0.15, -0.1) is 0 Å². The Bertz CT molecular complexity index is 546. The van der Waals surface area contributed by atoms with Crippen molar-refractivity contribution in [2.24, 2.45) is 0 Å². The maximum Gasteiger partial charge on any atom is 0.209 e. The van der Waals surface area contributed by atoms with Gasteiger partial charge >= 0.3 is 0 Å². The number of halogens is 1. The standard InChI is InChI=1S/C13H21BrN2O3S/c1-13(2,16-20(3,18)19)9-15-8-12(17)10-5-4-6-11(14)7-10/h4-7,12,15-17H,8-9H2,1-3H3. The van der Waals surface area contributed by atoms with Crippen molar-refractivity contribution in [3.05, 3.63) is 34.3 Å². The van der Waals surface area contributed by atoms with Crippen LogP contribution in [0.15, 0.2) is 28.7 Å². The molecule has 1 aromatic carbocycles. The Kier molecular flexibility index (Phi) is 6.15. The normalized spacial score (nSPS) is 14.2. The van der Waals surface area contributed by atoms with Crippen LogP contribution >= 0.6 is 15.9 Å². The van der Waals surface area contributed by atoms with Crippen LogP contribution < -0.4 is 10.0 Å². The fourth-order valence-corrected chi connectivity index (χ4v) is 3.38. The molecular formula is C13H21BrN2O3S. The molecule has 0 amide bonds. The lowest BCUT2D eigenvalue weighted by Crippen LogP contribution is -2.50. The van der Waals surface area contributed by atoms with Gasteiger partial charge in [0.1, 0.15) is 0 Å². The highest BCUT2D eigenvalue weighted by Gasteiger charge is 2.22. The van der Waals surface area contributed by atoms with Gasteiger partial charge in [-0.3, -0.25) is 0 Å². The van der Waals surface area contributed by atoms with Crippen LogP contribution in [-0.4, -0.2) is 38.4 Å². The highest BCUT2D eigenvalue weighted by Crippen LogP contribution is 2.17. The van der Waals surface area contributed by atoms with Crippen LogP contribution in [0.5, 0.6) is 0 Å². The molecule has 1 unspecified atom stereocenters. The summed E-state index contributed by atoms with van der Waals surface area (Å²) >= 11 is 3.36. The van der Waals surface area contributed by atoms with Crippen molar-refractivity contribution in [1.29, 1.82) is 0 Å². The topological polar surface area (TPSA) is 78.4 Å². The summed E-state index contributed by atoms with van der Waals surface area (Å²) in [7, 11) is -3.25. The first kappa shape index (κ1) is 17.6. The van der Waals surface area contributed by atoms with Crippen molar-refractivity contribution >= 4 is 26.0 Å². The van der Waals surface area contributed by atoms with E-state index >= 15 is 0 Å². The van der Waals surface area contributed by atoms with Crippen LogP contribution in [0.3, 0.4) is 0 Å². The van der Waals surface area contributed by atoms with Crippen molar-refractivity contribution < 1.29 is 13.5 Å². The van der Waals surface area contributed by atoms with Crippen molar-refractivity contribution in [3.63, 3.8) is 0 Å². The lowest BCUT2D eigenvalue weighted by molar-refractivity contribution is 0.172. The third kappa shape index (κ3) is 6.81. The lowest BCUT2D eigenvalue weighted by atomic mass is 10.1. The van der Waals surface area contributed by atoms with E-state index in [1.54, 1.807) is 13.8 Å². The Balaban J connectivity index is 2.48. The van der Waals surface area contributed by atoms with Crippen LogP contribution in [-0.2, 0) is 10.0 Å². The van der Waals surface area contributed by atoms with E-state index in [0.717, 1.165) is 16.3 Å². The number of aliphatic hydroxyl groups is 1. The van der Waals surface area contributed by atoms with Crippen molar-refractivity contribution in [2.45, 2.75) is 25.5 Å². The zero-order valence-electron chi connectivity index (χ0n) is 11.9. The van der Waals surface area contributed by atoms with E-state index < -0.39 is 21.7 Å². The first-order valence-electron chi connectivity index (χ1n) is 6.22. The maximum absolute atomic E-state index is 11.2. The summed E-state index contributed by atoms with van der Waals surface area (Å²) in [6.45, 7) is 4.34. The molecular weight excluding hydrogens is 344 g/mol. The summed E-state index contributed by atoms with van der Waals surface area (Å²) in [5.41, 5.74) is 0.200.